The summed E-state index contributed by atoms with van der Waals surface area (Å²) in [5.74, 6) is -2.16. The van der Waals surface area contributed by atoms with Crippen molar-refractivity contribution in [1.29, 1.82) is 0 Å². The van der Waals surface area contributed by atoms with Crippen LogP contribution in [0.25, 0.3) is 0 Å². The van der Waals surface area contributed by atoms with Gasteiger partial charge >= 0.3 is 0 Å². The fourth-order valence-corrected chi connectivity index (χ4v) is 3.54. The minimum atomic E-state index is -0.790. The van der Waals surface area contributed by atoms with Crippen molar-refractivity contribution in [3.8, 4) is 0 Å². The van der Waals surface area contributed by atoms with Gasteiger partial charge in [-0.25, -0.2) is 9.37 Å². The van der Waals surface area contributed by atoms with Gasteiger partial charge in [0.25, 0.3) is 11.8 Å². The van der Waals surface area contributed by atoms with E-state index in [-0.39, 0.29) is 21.3 Å². The molecule has 2 N–H and O–H groups in total. The minimum absolute atomic E-state index is 0.0357. The van der Waals surface area contributed by atoms with Gasteiger partial charge in [-0.05, 0) is 12.1 Å². The first kappa shape index (κ1) is 18.8. The molecule has 11 heteroatoms. The number of nitrogens with zero attached hydrogens (tertiary/aromatic N) is 2. The Balaban J connectivity index is 1.61. The van der Waals surface area contributed by atoms with Crippen LogP contribution in [0.2, 0.25) is 10.0 Å². The van der Waals surface area contributed by atoms with Crippen molar-refractivity contribution < 1.29 is 18.7 Å². The Morgan fingerprint density at radius 1 is 1.15 bits per heavy atom. The van der Waals surface area contributed by atoms with E-state index in [0.717, 1.165) is 12.1 Å². The molecule has 1 aromatic heterocycles. The van der Waals surface area contributed by atoms with Crippen LogP contribution >= 0.6 is 34.5 Å². The number of hydrogen-bond acceptors (Lipinski definition) is 6. The van der Waals surface area contributed by atoms with Gasteiger partial charge in [-0.1, -0.05) is 23.2 Å². The summed E-state index contributed by atoms with van der Waals surface area (Å²) in [4.78, 5) is 30.5. The van der Waals surface area contributed by atoms with E-state index in [1.165, 1.54) is 11.3 Å². The SMILES string of the molecule is O=C(NNC(=O)c1cc(F)c(Cl)cc1Cl)c1csc(N2CCOCC2)n1. The summed E-state index contributed by atoms with van der Waals surface area (Å²) >= 11 is 12.8. The Morgan fingerprint density at radius 2 is 1.85 bits per heavy atom. The molecule has 1 aromatic carbocycles. The third-order valence-electron chi connectivity index (χ3n) is 3.55. The maximum atomic E-state index is 13.5. The van der Waals surface area contributed by atoms with Gasteiger partial charge in [0, 0.05) is 18.5 Å². The number of aromatic nitrogens is 1. The molecule has 0 unspecified atom stereocenters. The maximum Gasteiger partial charge on any atom is 0.289 e. The number of hydrazine groups is 1. The van der Waals surface area contributed by atoms with Crippen molar-refractivity contribution in [3.63, 3.8) is 0 Å². The molecule has 1 fully saturated rings. The van der Waals surface area contributed by atoms with Crippen LogP contribution in [-0.2, 0) is 4.74 Å². The lowest BCUT2D eigenvalue weighted by atomic mass is 10.2. The number of hydrogen-bond donors (Lipinski definition) is 2. The molecular formula is C15H13Cl2FN4O3S. The van der Waals surface area contributed by atoms with Crippen molar-refractivity contribution in [1.82, 2.24) is 15.8 Å². The quantitative estimate of drug-likeness (QED) is 0.590. The molecular weight excluding hydrogens is 406 g/mol. The van der Waals surface area contributed by atoms with E-state index in [1.807, 2.05) is 4.90 Å². The van der Waals surface area contributed by atoms with Crippen LogP contribution in [0.4, 0.5) is 9.52 Å². The highest BCUT2D eigenvalue weighted by Gasteiger charge is 2.19. The number of nitrogens with one attached hydrogen (secondary N) is 2. The second-order valence-electron chi connectivity index (χ2n) is 5.27. The van der Waals surface area contributed by atoms with Crippen molar-refractivity contribution in [3.05, 3.63) is 44.6 Å². The van der Waals surface area contributed by atoms with Crippen LogP contribution in [0.3, 0.4) is 0 Å². The number of carbonyl (C=O) groups is 2. The standard InChI is InChI=1S/C15H13Cl2FN4O3S/c16-9-6-10(17)11(18)5-8(9)13(23)20-21-14(24)12-7-26-15(19-12)22-1-3-25-4-2-22/h5-7H,1-4H2,(H,20,23)(H,21,24). The molecule has 0 radical (unpaired) electrons. The average molecular weight is 419 g/mol. The zero-order valence-corrected chi connectivity index (χ0v) is 15.6. The third kappa shape index (κ3) is 4.24. The summed E-state index contributed by atoms with van der Waals surface area (Å²) in [5, 5.41) is 2.05. The lowest BCUT2D eigenvalue weighted by Gasteiger charge is -2.25. The van der Waals surface area contributed by atoms with Crippen LogP contribution in [0, 0.1) is 5.82 Å². The summed E-state index contributed by atoms with van der Waals surface area (Å²) in [7, 11) is 0. The molecule has 1 saturated heterocycles. The molecule has 7 nitrogen and oxygen atoms in total. The summed E-state index contributed by atoms with van der Waals surface area (Å²) in [6.45, 7) is 2.61. The van der Waals surface area contributed by atoms with E-state index in [9.17, 15) is 14.0 Å². The van der Waals surface area contributed by atoms with Gasteiger partial charge in [0.15, 0.2) is 5.13 Å². The second-order valence-corrected chi connectivity index (χ2v) is 6.92. The number of ether oxygens (including phenoxy) is 1. The fourth-order valence-electron chi connectivity index (χ4n) is 2.21. The Kier molecular flexibility index (Phi) is 5.92. The van der Waals surface area contributed by atoms with Crippen LogP contribution < -0.4 is 15.8 Å². The number of carbonyl (C=O) groups excluding carboxylic acids is 2. The second kappa shape index (κ2) is 8.17. The highest BCUT2D eigenvalue weighted by atomic mass is 35.5. The summed E-state index contributed by atoms with van der Waals surface area (Å²) in [6.07, 6.45) is 0. The topological polar surface area (TPSA) is 83.6 Å². The van der Waals surface area contributed by atoms with Gasteiger partial charge in [0.2, 0.25) is 0 Å². The van der Waals surface area contributed by atoms with E-state index in [0.29, 0.717) is 31.4 Å². The number of morpholine rings is 1. The number of amides is 2. The maximum absolute atomic E-state index is 13.5. The zero-order valence-electron chi connectivity index (χ0n) is 13.2. The highest BCUT2D eigenvalue weighted by Crippen LogP contribution is 2.24. The molecule has 3 rings (SSSR count). The van der Waals surface area contributed by atoms with Crippen molar-refractivity contribution in [2.45, 2.75) is 0 Å². The summed E-state index contributed by atoms with van der Waals surface area (Å²) in [5.41, 5.74) is 4.40. The van der Waals surface area contributed by atoms with E-state index < -0.39 is 17.6 Å². The Hall–Kier alpha value is -1.94. The molecule has 0 atom stereocenters. The molecule has 0 spiro atoms. The molecule has 0 bridgehead atoms. The summed E-state index contributed by atoms with van der Waals surface area (Å²) in [6, 6.07) is 2.01. The van der Waals surface area contributed by atoms with Crippen LogP contribution in [0.5, 0.6) is 0 Å². The lowest BCUT2D eigenvalue weighted by Crippen LogP contribution is -2.42. The van der Waals surface area contributed by atoms with Crippen LogP contribution in [0.15, 0.2) is 17.5 Å². The van der Waals surface area contributed by atoms with Crippen LogP contribution in [0.1, 0.15) is 20.8 Å². The first-order chi connectivity index (χ1) is 12.5. The van der Waals surface area contributed by atoms with Gasteiger partial charge in [0.05, 0.1) is 28.8 Å². The lowest BCUT2D eigenvalue weighted by molar-refractivity contribution is 0.0844. The zero-order chi connectivity index (χ0) is 18.7. The molecule has 2 aromatic rings. The largest absolute Gasteiger partial charge is 0.378 e. The average Bonchev–Trinajstić information content (AvgIpc) is 3.13. The van der Waals surface area contributed by atoms with E-state index in [1.54, 1.807) is 5.38 Å². The van der Waals surface area contributed by atoms with Crippen molar-refractivity contribution >= 4 is 51.5 Å². The molecule has 1 aliphatic heterocycles. The van der Waals surface area contributed by atoms with Crippen molar-refractivity contribution in [2.75, 3.05) is 31.2 Å². The number of anilines is 1. The van der Waals surface area contributed by atoms with Gasteiger partial charge in [-0.15, -0.1) is 11.3 Å². The Morgan fingerprint density at radius 3 is 2.58 bits per heavy atom. The number of rotatable bonds is 3. The van der Waals surface area contributed by atoms with Gasteiger partial charge < -0.3 is 9.64 Å². The van der Waals surface area contributed by atoms with Gasteiger partial charge in [-0.2, -0.15) is 0 Å². The van der Waals surface area contributed by atoms with Crippen molar-refractivity contribution in [2.24, 2.45) is 0 Å². The highest BCUT2D eigenvalue weighted by molar-refractivity contribution is 7.13. The summed E-state index contributed by atoms with van der Waals surface area (Å²) < 4.78 is 18.8. The molecule has 2 heterocycles. The van der Waals surface area contributed by atoms with E-state index in [2.05, 4.69) is 15.8 Å². The number of halogens is 3. The third-order valence-corrected chi connectivity index (χ3v) is 5.05. The fraction of sp³-hybridized carbons (Fsp3) is 0.267. The van der Waals surface area contributed by atoms with Gasteiger partial charge in [-0.3, -0.25) is 20.4 Å². The first-order valence-corrected chi connectivity index (χ1v) is 9.12. The Labute approximate surface area is 162 Å². The molecule has 0 aliphatic carbocycles. The number of thiazole rings is 1. The minimum Gasteiger partial charge on any atom is -0.378 e. The predicted octanol–water partition coefficient (Wildman–Crippen LogP) is 2.50. The monoisotopic (exact) mass is 418 g/mol. The number of benzene rings is 1. The molecule has 2 amide bonds. The molecule has 0 saturated carbocycles. The first-order valence-electron chi connectivity index (χ1n) is 7.49. The molecule has 1 aliphatic rings. The molecule has 26 heavy (non-hydrogen) atoms. The van der Waals surface area contributed by atoms with E-state index in [4.69, 9.17) is 27.9 Å². The normalized spacial score (nSPS) is 14.2. The predicted molar refractivity (Wildman–Crippen MR) is 96.5 cm³/mol. The smallest absolute Gasteiger partial charge is 0.289 e. The van der Waals surface area contributed by atoms with Gasteiger partial charge in [0.1, 0.15) is 11.5 Å². The van der Waals surface area contributed by atoms with Crippen LogP contribution in [-0.4, -0.2) is 43.1 Å². The van der Waals surface area contributed by atoms with E-state index >= 15 is 0 Å². The Bertz CT molecular complexity index is 842. The molecule has 138 valence electrons.